The Labute approximate surface area is 227 Å². The molecule has 12 heteroatoms. The summed E-state index contributed by atoms with van der Waals surface area (Å²) in [5.41, 5.74) is 0.963. The van der Waals surface area contributed by atoms with Crippen LogP contribution in [0, 0.1) is 11.3 Å². The van der Waals surface area contributed by atoms with Crippen molar-refractivity contribution in [2.24, 2.45) is 7.05 Å². The number of allylic oxidation sites excluding steroid dienone is 1. The van der Waals surface area contributed by atoms with Crippen LogP contribution >= 0.6 is 0 Å². The van der Waals surface area contributed by atoms with Gasteiger partial charge in [0, 0.05) is 55.7 Å². The number of anilines is 1. The zero-order valence-corrected chi connectivity index (χ0v) is 21.5. The smallest absolute Gasteiger partial charge is 0.348 e. The summed E-state index contributed by atoms with van der Waals surface area (Å²) >= 11 is 0. The van der Waals surface area contributed by atoms with E-state index in [-0.39, 0.29) is 47.6 Å². The van der Waals surface area contributed by atoms with Crippen molar-refractivity contribution in [3.8, 4) is 6.07 Å². The molecule has 1 aliphatic heterocycles. The number of nitriles is 1. The van der Waals surface area contributed by atoms with Gasteiger partial charge in [0.15, 0.2) is 5.78 Å². The fourth-order valence-corrected chi connectivity index (χ4v) is 5.14. The molecule has 1 unspecified atom stereocenters. The van der Waals surface area contributed by atoms with Crippen LogP contribution in [0.1, 0.15) is 51.5 Å². The number of rotatable bonds is 5. The number of aromatic nitrogens is 2. The zero-order valence-electron chi connectivity index (χ0n) is 21.5. The predicted molar refractivity (Wildman–Crippen MR) is 137 cm³/mol. The summed E-state index contributed by atoms with van der Waals surface area (Å²) in [7, 11) is 3.17. The number of aryl methyl sites for hydroxylation is 1. The third kappa shape index (κ3) is 4.70. The second kappa shape index (κ2) is 10.00. The molecule has 9 nitrogen and oxygen atoms in total. The third-order valence-electron chi connectivity index (χ3n) is 6.99. The molecule has 0 fully saturated rings. The van der Waals surface area contributed by atoms with Crippen molar-refractivity contribution in [2.45, 2.75) is 31.6 Å². The van der Waals surface area contributed by atoms with Crippen LogP contribution in [0.3, 0.4) is 0 Å². The van der Waals surface area contributed by atoms with Crippen molar-refractivity contribution >= 4 is 23.4 Å². The van der Waals surface area contributed by atoms with Crippen LogP contribution in [0.4, 0.5) is 23.7 Å². The Morgan fingerprint density at radius 1 is 1.15 bits per heavy atom. The Morgan fingerprint density at radius 3 is 2.60 bits per heavy atom. The van der Waals surface area contributed by atoms with Crippen LogP contribution in [0.15, 0.2) is 66.1 Å². The van der Waals surface area contributed by atoms with Crippen LogP contribution in [-0.2, 0) is 24.6 Å². The largest absolute Gasteiger partial charge is 0.416 e. The topological polar surface area (TPSA) is 111 Å². The maximum absolute atomic E-state index is 13.7. The van der Waals surface area contributed by atoms with E-state index in [0.717, 1.165) is 22.6 Å². The van der Waals surface area contributed by atoms with Gasteiger partial charge in [-0.25, -0.2) is 4.79 Å². The fraction of sp³-hybridized carbons (Fsp3) is 0.250. The Morgan fingerprint density at radius 2 is 1.93 bits per heavy atom. The fourth-order valence-electron chi connectivity index (χ4n) is 5.14. The molecule has 0 bridgehead atoms. The molecule has 40 heavy (non-hydrogen) atoms. The Balaban J connectivity index is 1.59. The number of hydrogen-bond donors (Lipinski definition) is 1. The summed E-state index contributed by atoms with van der Waals surface area (Å²) < 4.78 is 41.9. The van der Waals surface area contributed by atoms with Crippen LogP contribution in [0.25, 0.3) is 0 Å². The monoisotopic (exact) mass is 548 g/mol. The van der Waals surface area contributed by atoms with Crippen molar-refractivity contribution in [1.82, 2.24) is 20.0 Å². The average molecular weight is 549 g/mol. The Hall–Kier alpha value is -4.92. The molecule has 2 heterocycles. The standard InChI is InChI=1S/C28H23F3N6O3/c1-35-15-17(14-34-35)13-33-26(39)21-10-16(12-32)6-7-20(21)25-24-22(8-9-23(24)38)37(27(40)36(25)2)19-5-3-4-18(11-19)28(29,30)31/h3-7,10-11,14-15,25H,8-9,13H2,1-2H3,(H,33,39). The van der Waals surface area contributed by atoms with E-state index in [0.29, 0.717) is 11.3 Å². The van der Waals surface area contributed by atoms with E-state index in [4.69, 9.17) is 0 Å². The first-order valence-electron chi connectivity index (χ1n) is 12.3. The summed E-state index contributed by atoms with van der Waals surface area (Å²) in [5.74, 6) is -0.799. The van der Waals surface area contributed by atoms with Crippen LogP contribution in [0.5, 0.6) is 0 Å². The maximum atomic E-state index is 13.7. The summed E-state index contributed by atoms with van der Waals surface area (Å²) in [6.07, 6.45) is -1.07. The van der Waals surface area contributed by atoms with Gasteiger partial charge in [-0.15, -0.1) is 0 Å². The molecular weight excluding hydrogens is 525 g/mol. The number of nitrogens with zero attached hydrogens (tertiary/aromatic N) is 5. The summed E-state index contributed by atoms with van der Waals surface area (Å²) in [5, 5.41) is 16.3. The van der Waals surface area contributed by atoms with Crippen molar-refractivity contribution in [2.75, 3.05) is 11.9 Å². The molecule has 0 saturated heterocycles. The maximum Gasteiger partial charge on any atom is 0.416 e. The van der Waals surface area contributed by atoms with Gasteiger partial charge in [-0.2, -0.15) is 23.5 Å². The third-order valence-corrected chi connectivity index (χ3v) is 6.99. The Kier molecular flexibility index (Phi) is 6.67. The molecule has 1 N–H and O–H groups in total. The van der Waals surface area contributed by atoms with Gasteiger partial charge < -0.3 is 10.2 Å². The number of nitrogens with one attached hydrogen (secondary N) is 1. The second-order valence-electron chi connectivity index (χ2n) is 9.58. The van der Waals surface area contributed by atoms with E-state index in [2.05, 4.69) is 10.4 Å². The summed E-state index contributed by atoms with van der Waals surface area (Å²) in [6, 6.07) is 9.16. The number of halogens is 3. The number of alkyl halides is 3. The highest BCUT2D eigenvalue weighted by atomic mass is 19.4. The average Bonchev–Trinajstić information content (AvgIpc) is 3.52. The lowest BCUT2D eigenvalue weighted by Crippen LogP contribution is -2.48. The first-order valence-corrected chi connectivity index (χ1v) is 12.3. The first-order chi connectivity index (χ1) is 19.0. The molecule has 3 aromatic rings. The SMILES string of the molecule is CN1C(=O)N(c2cccc(C(F)(F)F)c2)C2=C(C(=O)CC2)C1c1ccc(C#N)cc1C(=O)NCc1cnn(C)c1. The van der Waals surface area contributed by atoms with Crippen molar-refractivity contribution in [1.29, 1.82) is 5.26 Å². The van der Waals surface area contributed by atoms with Gasteiger partial charge in [0.2, 0.25) is 0 Å². The van der Waals surface area contributed by atoms with Gasteiger partial charge in [-0.05, 0) is 42.3 Å². The number of Topliss-reactive ketones (excluding diaryl/α,β-unsaturated/α-hetero) is 1. The molecular formula is C28H23F3N6O3. The molecule has 1 atom stereocenters. The molecule has 0 radical (unpaired) electrons. The lowest BCUT2D eigenvalue weighted by Gasteiger charge is -2.41. The lowest BCUT2D eigenvalue weighted by molar-refractivity contribution is -0.137. The highest BCUT2D eigenvalue weighted by Gasteiger charge is 2.45. The Bertz CT molecular complexity index is 1620. The van der Waals surface area contributed by atoms with Gasteiger partial charge in [-0.1, -0.05) is 12.1 Å². The number of carbonyl (C=O) groups is 3. The number of ketones is 1. The lowest BCUT2D eigenvalue weighted by atomic mass is 9.89. The molecule has 5 rings (SSSR count). The molecule has 2 aromatic carbocycles. The molecule has 0 spiro atoms. The molecule has 204 valence electrons. The van der Waals surface area contributed by atoms with Gasteiger partial charge in [0.05, 0.1) is 35.1 Å². The van der Waals surface area contributed by atoms with E-state index in [9.17, 15) is 32.8 Å². The normalized spacial score (nSPS) is 17.2. The molecule has 2 aliphatic rings. The van der Waals surface area contributed by atoms with Gasteiger partial charge in [-0.3, -0.25) is 19.2 Å². The number of likely N-dealkylation sites (N-methyl/N-ethyl adjacent to an activating group) is 1. The summed E-state index contributed by atoms with van der Waals surface area (Å²) in [6.45, 7) is 0.151. The second-order valence-corrected chi connectivity index (χ2v) is 9.58. The van der Waals surface area contributed by atoms with Crippen LogP contribution in [0.2, 0.25) is 0 Å². The highest BCUT2D eigenvalue weighted by molar-refractivity contribution is 6.09. The van der Waals surface area contributed by atoms with Crippen LogP contribution < -0.4 is 10.2 Å². The molecule has 1 aromatic heterocycles. The van der Waals surface area contributed by atoms with E-state index < -0.39 is 29.7 Å². The van der Waals surface area contributed by atoms with Gasteiger partial charge >= 0.3 is 12.2 Å². The van der Waals surface area contributed by atoms with Gasteiger partial charge in [0.1, 0.15) is 0 Å². The van der Waals surface area contributed by atoms with E-state index in [1.54, 1.807) is 24.1 Å². The number of hydrogen-bond acceptors (Lipinski definition) is 5. The van der Waals surface area contributed by atoms with Crippen molar-refractivity contribution < 1.29 is 27.6 Å². The highest BCUT2D eigenvalue weighted by Crippen LogP contribution is 2.45. The minimum Gasteiger partial charge on any atom is -0.348 e. The number of amides is 3. The van der Waals surface area contributed by atoms with Gasteiger partial charge in [0.25, 0.3) is 5.91 Å². The van der Waals surface area contributed by atoms with Crippen molar-refractivity contribution in [3.63, 3.8) is 0 Å². The minimum atomic E-state index is -4.62. The van der Waals surface area contributed by atoms with Crippen LogP contribution in [-0.4, -0.2) is 39.4 Å². The number of urea groups is 1. The number of carbonyl (C=O) groups excluding carboxylic acids is 3. The van der Waals surface area contributed by atoms with E-state index >= 15 is 0 Å². The predicted octanol–water partition coefficient (Wildman–Crippen LogP) is 4.47. The van der Waals surface area contributed by atoms with Crippen molar-refractivity contribution in [3.05, 3.63) is 93.9 Å². The minimum absolute atomic E-state index is 0.0124. The quantitative estimate of drug-likeness (QED) is 0.506. The first kappa shape index (κ1) is 26.7. The van der Waals surface area contributed by atoms with E-state index in [1.807, 2.05) is 6.07 Å². The molecule has 0 saturated carbocycles. The number of benzene rings is 2. The molecule has 3 amide bonds. The zero-order chi connectivity index (χ0) is 28.8. The van der Waals surface area contributed by atoms with E-state index in [1.165, 1.54) is 42.3 Å². The molecule has 1 aliphatic carbocycles. The summed E-state index contributed by atoms with van der Waals surface area (Å²) in [4.78, 5) is 42.6.